The molecule has 3 N–H and O–H groups in total. The summed E-state index contributed by atoms with van der Waals surface area (Å²) in [5.41, 5.74) is 12.1. The molecule has 0 aliphatic carbocycles. The fourth-order valence-electron chi connectivity index (χ4n) is 5.13. The first-order valence-electron chi connectivity index (χ1n) is 12.5. The summed E-state index contributed by atoms with van der Waals surface area (Å²) >= 11 is 0. The molecule has 3 aliphatic heterocycles. The van der Waals surface area contributed by atoms with E-state index in [-0.39, 0.29) is 12.1 Å². The molecule has 0 saturated carbocycles. The van der Waals surface area contributed by atoms with Gasteiger partial charge in [0.25, 0.3) is 0 Å². The Bertz CT molecular complexity index is 1050. The van der Waals surface area contributed by atoms with E-state index in [0.29, 0.717) is 0 Å². The molecule has 6 heteroatoms. The summed E-state index contributed by atoms with van der Waals surface area (Å²) in [6.07, 6.45) is 8.23. The van der Waals surface area contributed by atoms with Crippen LogP contribution in [0.5, 0.6) is 0 Å². The van der Waals surface area contributed by atoms with Crippen LogP contribution >= 0.6 is 0 Å². The standard InChI is InChI=1S/C28H40N6/c1-7-25-20(3)16-27-31-28(34-14-12-23(29)18-34)17-26(33(27)6)30-13-8-9-22-11-10-19(2)15-24(22)21(4)32(25)5/h10-11,15-17,23,25,31H,3-4,7-9,12-14,18,29H2,1-2,5-6H3/b27-16-,30-26?/t23-,25?/m0/s1. The van der Waals surface area contributed by atoms with Gasteiger partial charge in [-0.25, -0.2) is 0 Å². The number of hydrogen-bond acceptors (Lipinski definition) is 6. The van der Waals surface area contributed by atoms with Gasteiger partial charge >= 0.3 is 0 Å². The van der Waals surface area contributed by atoms with Gasteiger partial charge in [0.1, 0.15) is 17.5 Å². The monoisotopic (exact) mass is 460 g/mol. The number of likely N-dealkylation sites (tertiary alicyclic amines) is 1. The first-order valence-corrected chi connectivity index (χ1v) is 12.5. The van der Waals surface area contributed by atoms with E-state index in [4.69, 9.17) is 10.7 Å². The molecule has 1 saturated heterocycles. The van der Waals surface area contributed by atoms with E-state index in [9.17, 15) is 0 Å². The Kier molecular flexibility index (Phi) is 7.17. The van der Waals surface area contributed by atoms with Crippen LogP contribution in [0.3, 0.4) is 0 Å². The minimum atomic E-state index is 0.140. The summed E-state index contributed by atoms with van der Waals surface area (Å²) in [5, 5.41) is 3.64. The molecule has 2 atom stereocenters. The maximum Gasteiger partial charge on any atom is 0.132 e. The highest BCUT2D eigenvalue weighted by atomic mass is 15.4. The predicted octanol–water partition coefficient (Wildman–Crippen LogP) is 3.83. The first-order chi connectivity index (χ1) is 16.3. The molecule has 0 aromatic heterocycles. The molecule has 1 aromatic rings. The number of hydrogen-bond donors (Lipinski definition) is 2. The lowest BCUT2D eigenvalue weighted by Gasteiger charge is -2.36. The normalized spacial score (nSPS) is 25.7. The highest BCUT2D eigenvalue weighted by Gasteiger charge is 2.28. The Morgan fingerprint density at radius 3 is 2.68 bits per heavy atom. The number of aliphatic imine (C=N–C) groups is 1. The molecule has 1 unspecified atom stereocenters. The zero-order valence-electron chi connectivity index (χ0n) is 21.3. The van der Waals surface area contributed by atoms with Gasteiger partial charge < -0.3 is 25.8 Å². The van der Waals surface area contributed by atoms with Crippen molar-refractivity contribution in [3.8, 4) is 0 Å². The topological polar surface area (TPSA) is 60.1 Å². The van der Waals surface area contributed by atoms with E-state index >= 15 is 0 Å². The molecule has 1 fully saturated rings. The number of fused-ring (bicyclic) bond motifs is 3. The van der Waals surface area contributed by atoms with Gasteiger partial charge in [0.15, 0.2) is 0 Å². The summed E-state index contributed by atoms with van der Waals surface area (Å²) in [6.45, 7) is 15.9. The maximum atomic E-state index is 6.20. The SMILES string of the molecule is C=C1/C=C2/NC(N3CC[C@H](N)C3)=CC(=NCCCc3ccc(C)cc3C(=C)N(C)C1CC)N2C. The molecule has 0 radical (unpaired) electrons. The Labute approximate surface area is 205 Å². The number of amidine groups is 1. The minimum Gasteiger partial charge on any atom is -0.368 e. The zero-order chi connectivity index (χ0) is 24.4. The molecule has 3 aliphatic rings. The van der Waals surface area contributed by atoms with Gasteiger partial charge in [-0.05, 0) is 55.9 Å². The quantitative estimate of drug-likeness (QED) is 0.703. The fourth-order valence-corrected chi connectivity index (χ4v) is 5.13. The number of nitrogens with two attached hydrogens (primary N) is 1. The second-order valence-corrected chi connectivity index (χ2v) is 9.80. The van der Waals surface area contributed by atoms with Gasteiger partial charge in [-0.3, -0.25) is 4.99 Å². The van der Waals surface area contributed by atoms with E-state index in [1.807, 2.05) is 0 Å². The van der Waals surface area contributed by atoms with Crippen molar-refractivity contribution in [3.63, 3.8) is 0 Å². The Morgan fingerprint density at radius 2 is 1.97 bits per heavy atom. The predicted molar refractivity (Wildman–Crippen MR) is 143 cm³/mol. The molecule has 3 heterocycles. The number of likely N-dealkylation sites (N-methyl/N-ethyl adjacent to an activating group) is 2. The third-order valence-electron chi connectivity index (χ3n) is 7.28. The van der Waals surface area contributed by atoms with Crippen molar-refractivity contribution in [1.29, 1.82) is 0 Å². The van der Waals surface area contributed by atoms with Crippen LogP contribution in [-0.4, -0.2) is 66.3 Å². The smallest absolute Gasteiger partial charge is 0.132 e. The summed E-state index contributed by atoms with van der Waals surface area (Å²) in [7, 11) is 4.21. The van der Waals surface area contributed by atoms with Crippen molar-refractivity contribution in [3.05, 3.63) is 77.4 Å². The van der Waals surface area contributed by atoms with E-state index in [0.717, 1.165) is 74.1 Å². The maximum absolute atomic E-state index is 6.20. The number of aryl methyl sites for hydroxylation is 2. The van der Waals surface area contributed by atoms with E-state index in [1.54, 1.807) is 0 Å². The molecule has 34 heavy (non-hydrogen) atoms. The Morgan fingerprint density at radius 1 is 1.18 bits per heavy atom. The Balaban J connectivity index is 1.75. The number of nitrogens with zero attached hydrogens (tertiary/aromatic N) is 4. The summed E-state index contributed by atoms with van der Waals surface area (Å²) in [6, 6.07) is 7.07. The molecule has 0 spiro atoms. The number of benzene rings is 1. The molecular formula is C28H40N6. The lowest BCUT2D eigenvalue weighted by molar-refractivity contribution is 0.371. The zero-order valence-corrected chi connectivity index (χ0v) is 21.3. The van der Waals surface area contributed by atoms with Crippen LogP contribution < -0.4 is 11.1 Å². The van der Waals surface area contributed by atoms with Gasteiger partial charge in [0.05, 0.1) is 6.04 Å². The third-order valence-corrected chi connectivity index (χ3v) is 7.28. The molecule has 1 aromatic carbocycles. The Hall–Kier alpha value is -2.99. The van der Waals surface area contributed by atoms with Crippen molar-refractivity contribution in [2.75, 3.05) is 33.7 Å². The average molecular weight is 461 g/mol. The lowest BCUT2D eigenvalue weighted by atomic mass is 9.96. The second-order valence-electron chi connectivity index (χ2n) is 9.80. The van der Waals surface area contributed by atoms with Gasteiger partial charge in [-0.15, -0.1) is 0 Å². The molecule has 6 nitrogen and oxygen atoms in total. The second kappa shape index (κ2) is 10.1. The average Bonchev–Trinajstić information content (AvgIpc) is 3.25. The molecular weight excluding hydrogens is 420 g/mol. The van der Waals surface area contributed by atoms with Gasteiger partial charge in [-0.1, -0.05) is 37.8 Å². The van der Waals surface area contributed by atoms with Gasteiger partial charge in [0, 0.05) is 57.1 Å². The van der Waals surface area contributed by atoms with Crippen molar-refractivity contribution in [1.82, 2.24) is 20.0 Å². The van der Waals surface area contributed by atoms with Crippen LogP contribution in [0.1, 0.15) is 42.9 Å². The molecule has 2 bridgehead atoms. The summed E-state index contributed by atoms with van der Waals surface area (Å²) in [4.78, 5) is 11.8. The van der Waals surface area contributed by atoms with Crippen LogP contribution in [-0.2, 0) is 6.42 Å². The first kappa shape index (κ1) is 24.1. The third kappa shape index (κ3) is 4.92. The summed E-state index contributed by atoms with van der Waals surface area (Å²) < 4.78 is 0. The molecule has 182 valence electrons. The van der Waals surface area contributed by atoms with Crippen LogP contribution in [0.2, 0.25) is 0 Å². The highest BCUT2D eigenvalue weighted by Crippen LogP contribution is 2.29. The van der Waals surface area contributed by atoms with E-state index in [1.165, 1.54) is 16.7 Å². The van der Waals surface area contributed by atoms with Crippen LogP contribution in [0.4, 0.5) is 0 Å². The van der Waals surface area contributed by atoms with Crippen molar-refractivity contribution >= 4 is 11.5 Å². The largest absolute Gasteiger partial charge is 0.368 e. The minimum absolute atomic E-state index is 0.140. The number of rotatable bonds is 2. The summed E-state index contributed by atoms with van der Waals surface area (Å²) in [5.74, 6) is 3.04. The van der Waals surface area contributed by atoms with Gasteiger partial charge in [-0.2, -0.15) is 0 Å². The van der Waals surface area contributed by atoms with Crippen LogP contribution in [0, 0.1) is 6.92 Å². The lowest BCUT2D eigenvalue weighted by Crippen LogP contribution is -2.43. The van der Waals surface area contributed by atoms with Crippen molar-refractivity contribution < 1.29 is 0 Å². The van der Waals surface area contributed by atoms with Crippen molar-refractivity contribution in [2.24, 2.45) is 10.7 Å². The molecule has 4 rings (SSSR count). The number of nitrogens with one attached hydrogen (secondary N) is 1. The van der Waals surface area contributed by atoms with Crippen molar-refractivity contribution in [2.45, 2.75) is 51.6 Å². The van der Waals surface area contributed by atoms with Crippen LogP contribution in [0.15, 0.2) is 65.7 Å². The van der Waals surface area contributed by atoms with Gasteiger partial charge in [0.2, 0.25) is 0 Å². The van der Waals surface area contributed by atoms with E-state index < -0.39 is 0 Å². The molecule has 0 amide bonds. The fraction of sp³-hybridized carbons (Fsp3) is 0.464. The van der Waals surface area contributed by atoms with Crippen LogP contribution in [0.25, 0.3) is 5.70 Å². The van der Waals surface area contributed by atoms with E-state index in [2.05, 4.69) is 91.5 Å². The highest BCUT2D eigenvalue weighted by molar-refractivity contribution is 5.95.